The van der Waals surface area contributed by atoms with Crippen LogP contribution in [0.15, 0.2) is 18.5 Å². The van der Waals surface area contributed by atoms with Crippen LogP contribution in [0.3, 0.4) is 0 Å². The molecule has 0 aliphatic heterocycles. The average Bonchev–Trinajstić information content (AvgIpc) is 2.28. The fourth-order valence-corrected chi connectivity index (χ4v) is 1.53. The molecular weight excluding hydrogens is 216 g/mol. The average molecular weight is 223 g/mol. The monoisotopic (exact) mass is 222 g/mol. The number of carbonyl (C=O) groups excluding carboxylic acids is 1. The minimum absolute atomic E-state index is 0.343. The van der Waals surface area contributed by atoms with Gasteiger partial charge in [0.15, 0.2) is 6.29 Å². The maximum Gasteiger partial charge on any atom is 0.153 e. The van der Waals surface area contributed by atoms with Gasteiger partial charge in [-0.05, 0) is 12.1 Å². The molecule has 4 nitrogen and oxygen atoms in total. The first-order chi connectivity index (χ1) is 7.26. The summed E-state index contributed by atoms with van der Waals surface area (Å²) in [6.45, 7) is 0. The molecule has 0 aliphatic rings. The summed E-state index contributed by atoms with van der Waals surface area (Å²) in [6.07, 6.45) is 2.07. The number of nitrogens with zero attached hydrogens (tertiary/aromatic N) is 2. The van der Waals surface area contributed by atoms with Crippen LogP contribution in [0.5, 0.6) is 5.75 Å². The number of rotatable bonds is 2. The molecule has 2 aromatic rings. The van der Waals surface area contributed by atoms with E-state index in [-0.39, 0.29) is 0 Å². The van der Waals surface area contributed by atoms with Crippen molar-refractivity contribution in [1.29, 1.82) is 0 Å². The Morgan fingerprint density at radius 1 is 1.40 bits per heavy atom. The summed E-state index contributed by atoms with van der Waals surface area (Å²) in [5.41, 5.74) is 1.07. The van der Waals surface area contributed by atoms with E-state index in [0.29, 0.717) is 33.7 Å². The highest BCUT2D eigenvalue weighted by atomic mass is 35.5. The molecule has 76 valence electrons. The van der Waals surface area contributed by atoms with E-state index in [1.54, 1.807) is 12.1 Å². The molecule has 5 heteroatoms. The fraction of sp³-hybridized carbons (Fsp3) is 0.100. The Kier molecular flexibility index (Phi) is 2.51. The van der Waals surface area contributed by atoms with Gasteiger partial charge in [0.1, 0.15) is 17.2 Å². The van der Waals surface area contributed by atoms with E-state index in [4.69, 9.17) is 16.3 Å². The third-order valence-corrected chi connectivity index (χ3v) is 2.37. The van der Waals surface area contributed by atoms with Gasteiger partial charge in [-0.15, -0.1) is 0 Å². The summed E-state index contributed by atoms with van der Waals surface area (Å²) in [5.74, 6) is 0.467. The van der Waals surface area contributed by atoms with E-state index in [1.165, 1.54) is 13.4 Å². The lowest BCUT2D eigenvalue weighted by atomic mass is 10.1. The summed E-state index contributed by atoms with van der Waals surface area (Å²) in [6, 6.07) is 3.27. The minimum Gasteiger partial charge on any atom is -0.496 e. The highest BCUT2D eigenvalue weighted by molar-refractivity contribution is 6.34. The normalized spacial score (nSPS) is 10.3. The molecule has 0 fully saturated rings. The van der Waals surface area contributed by atoms with Gasteiger partial charge in [0.2, 0.25) is 0 Å². The molecule has 0 bridgehead atoms. The van der Waals surface area contributed by atoms with Crippen LogP contribution in [-0.2, 0) is 0 Å². The number of ether oxygens (including phenoxy) is 1. The lowest BCUT2D eigenvalue weighted by Crippen LogP contribution is -1.92. The zero-order chi connectivity index (χ0) is 10.8. The Hall–Kier alpha value is -1.68. The number of methoxy groups -OCH3 is 1. The highest BCUT2D eigenvalue weighted by Gasteiger charge is 2.08. The molecule has 0 unspecified atom stereocenters. The Morgan fingerprint density at radius 2 is 2.20 bits per heavy atom. The van der Waals surface area contributed by atoms with Gasteiger partial charge in [0.25, 0.3) is 0 Å². The molecule has 0 saturated carbocycles. The second-order valence-corrected chi connectivity index (χ2v) is 3.25. The molecule has 0 N–H and O–H groups in total. The molecule has 1 heterocycles. The van der Waals surface area contributed by atoms with E-state index in [9.17, 15) is 4.79 Å². The van der Waals surface area contributed by atoms with Gasteiger partial charge in [0.05, 0.1) is 18.2 Å². The molecule has 2 rings (SSSR count). The van der Waals surface area contributed by atoms with Crippen molar-refractivity contribution in [1.82, 2.24) is 9.97 Å². The summed E-state index contributed by atoms with van der Waals surface area (Å²) < 4.78 is 5.05. The van der Waals surface area contributed by atoms with Crippen molar-refractivity contribution in [3.63, 3.8) is 0 Å². The molecule has 1 aromatic heterocycles. The van der Waals surface area contributed by atoms with Crippen LogP contribution in [0, 0.1) is 0 Å². The van der Waals surface area contributed by atoms with Gasteiger partial charge in [-0.1, -0.05) is 11.6 Å². The van der Waals surface area contributed by atoms with E-state index in [2.05, 4.69) is 9.97 Å². The Morgan fingerprint density at radius 3 is 2.87 bits per heavy atom. The number of halogens is 1. The molecule has 0 aliphatic carbocycles. The summed E-state index contributed by atoms with van der Waals surface area (Å²) in [5, 5.41) is 1.01. The Bertz CT molecular complexity index is 528. The van der Waals surface area contributed by atoms with Crippen molar-refractivity contribution in [2.24, 2.45) is 0 Å². The van der Waals surface area contributed by atoms with E-state index in [0.717, 1.165) is 0 Å². The lowest BCUT2D eigenvalue weighted by Gasteiger charge is -2.05. The van der Waals surface area contributed by atoms with Crippen LogP contribution < -0.4 is 4.74 Å². The van der Waals surface area contributed by atoms with Crippen molar-refractivity contribution in [2.45, 2.75) is 0 Å². The molecular formula is C10H7ClN2O2. The second-order valence-electron chi connectivity index (χ2n) is 2.89. The minimum atomic E-state index is 0.343. The fourth-order valence-electron chi connectivity index (χ4n) is 1.34. The molecule has 0 amide bonds. The lowest BCUT2D eigenvalue weighted by molar-refractivity contribution is 0.112. The van der Waals surface area contributed by atoms with Crippen molar-refractivity contribution in [2.75, 3.05) is 7.11 Å². The molecule has 0 radical (unpaired) electrons. The van der Waals surface area contributed by atoms with Crippen molar-refractivity contribution >= 4 is 28.8 Å². The third kappa shape index (κ3) is 1.64. The molecule has 0 saturated heterocycles. The third-order valence-electron chi connectivity index (χ3n) is 2.07. The number of aldehydes is 1. The first-order valence-corrected chi connectivity index (χ1v) is 4.57. The van der Waals surface area contributed by atoms with E-state index >= 15 is 0 Å². The van der Waals surface area contributed by atoms with Gasteiger partial charge < -0.3 is 4.74 Å². The number of benzene rings is 1. The molecule has 0 atom stereocenters. The zero-order valence-electron chi connectivity index (χ0n) is 7.90. The van der Waals surface area contributed by atoms with Gasteiger partial charge in [-0.3, -0.25) is 4.79 Å². The van der Waals surface area contributed by atoms with Crippen LogP contribution in [0.25, 0.3) is 10.9 Å². The zero-order valence-corrected chi connectivity index (χ0v) is 8.65. The molecule has 15 heavy (non-hydrogen) atoms. The predicted molar refractivity (Wildman–Crippen MR) is 56.5 cm³/mol. The number of hydrogen-bond acceptors (Lipinski definition) is 4. The van der Waals surface area contributed by atoms with Crippen LogP contribution in [0.4, 0.5) is 0 Å². The van der Waals surface area contributed by atoms with Crippen LogP contribution in [0.1, 0.15) is 10.4 Å². The number of fused-ring (bicyclic) bond motifs is 1. The Labute approximate surface area is 90.9 Å². The standard InChI is InChI=1S/C10H7ClN2O2/c1-15-9-3-7-8(2-6(9)4-14)12-5-13-10(7)11/h2-5H,1H3. The largest absolute Gasteiger partial charge is 0.496 e. The number of hydrogen-bond donors (Lipinski definition) is 0. The van der Waals surface area contributed by atoms with Gasteiger partial charge in [0, 0.05) is 5.39 Å². The van der Waals surface area contributed by atoms with Crippen molar-refractivity contribution in [3.05, 3.63) is 29.2 Å². The Balaban J connectivity index is 2.81. The smallest absolute Gasteiger partial charge is 0.153 e. The summed E-state index contributed by atoms with van der Waals surface area (Å²) in [4.78, 5) is 18.6. The summed E-state index contributed by atoms with van der Waals surface area (Å²) in [7, 11) is 1.49. The molecule has 1 aromatic carbocycles. The van der Waals surface area contributed by atoms with E-state index in [1.807, 2.05) is 0 Å². The first-order valence-electron chi connectivity index (χ1n) is 4.19. The highest BCUT2D eigenvalue weighted by Crippen LogP contribution is 2.26. The van der Waals surface area contributed by atoms with Gasteiger partial charge in [-0.2, -0.15) is 0 Å². The van der Waals surface area contributed by atoms with E-state index < -0.39 is 0 Å². The number of carbonyl (C=O) groups is 1. The van der Waals surface area contributed by atoms with Crippen LogP contribution >= 0.6 is 11.6 Å². The maximum absolute atomic E-state index is 10.8. The number of aromatic nitrogens is 2. The topological polar surface area (TPSA) is 52.1 Å². The van der Waals surface area contributed by atoms with Crippen molar-refractivity contribution in [3.8, 4) is 5.75 Å². The van der Waals surface area contributed by atoms with Crippen LogP contribution in [-0.4, -0.2) is 23.4 Å². The summed E-state index contributed by atoms with van der Waals surface area (Å²) >= 11 is 5.89. The quantitative estimate of drug-likeness (QED) is 0.577. The predicted octanol–water partition coefficient (Wildman–Crippen LogP) is 2.10. The second kappa shape index (κ2) is 3.82. The SMILES string of the molecule is COc1cc2c(Cl)ncnc2cc1C=O. The molecule has 0 spiro atoms. The first kappa shape index (κ1) is 9.86. The maximum atomic E-state index is 10.8. The van der Waals surface area contributed by atoms with Crippen molar-refractivity contribution < 1.29 is 9.53 Å². The van der Waals surface area contributed by atoms with Crippen LogP contribution in [0.2, 0.25) is 5.15 Å². The van der Waals surface area contributed by atoms with Gasteiger partial charge in [-0.25, -0.2) is 9.97 Å². The van der Waals surface area contributed by atoms with Gasteiger partial charge >= 0.3 is 0 Å².